The minimum absolute atomic E-state index is 0.387. The number of aliphatic hydroxyl groups excluding tert-OH is 1. The first kappa shape index (κ1) is 18.1. The van der Waals surface area contributed by atoms with Gasteiger partial charge in [0.1, 0.15) is 0 Å². The maximum Gasteiger partial charge on any atom is 0.312 e. The Bertz CT molecular complexity index is 778. The van der Waals surface area contributed by atoms with Gasteiger partial charge in [0, 0.05) is 18.1 Å². The standard InChI is InChI=1S/C19H23NO4/c1-12(21)17-15(11-24-4)10-14-6-5-13(9-16(14)20-17)7-8-19(2,3)18(22)23/h5-10,12,21H,11H2,1-4H3,(H,22,23)/t12-/m1/s1. The molecular weight excluding hydrogens is 306 g/mol. The molecule has 0 saturated carbocycles. The number of carbonyl (C=O) groups is 1. The summed E-state index contributed by atoms with van der Waals surface area (Å²) in [6.07, 6.45) is 2.75. The molecule has 2 aromatic rings. The second-order valence-electron chi connectivity index (χ2n) is 6.45. The van der Waals surface area contributed by atoms with E-state index in [0.717, 1.165) is 22.0 Å². The highest BCUT2D eigenvalue weighted by molar-refractivity contribution is 5.83. The average Bonchev–Trinajstić information content (AvgIpc) is 2.52. The topological polar surface area (TPSA) is 79.7 Å². The van der Waals surface area contributed by atoms with Crippen LogP contribution in [0.1, 0.15) is 43.7 Å². The number of rotatable bonds is 6. The van der Waals surface area contributed by atoms with Crippen molar-refractivity contribution in [3.8, 4) is 0 Å². The van der Waals surface area contributed by atoms with E-state index >= 15 is 0 Å². The number of pyridine rings is 1. The van der Waals surface area contributed by atoms with Crippen molar-refractivity contribution in [1.29, 1.82) is 0 Å². The van der Waals surface area contributed by atoms with Crippen molar-refractivity contribution in [3.05, 3.63) is 47.2 Å². The van der Waals surface area contributed by atoms with E-state index in [0.29, 0.717) is 12.3 Å². The van der Waals surface area contributed by atoms with Gasteiger partial charge in [0.2, 0.25) is 0 Å². The van der Waals surface area contributed by atoms with E-state index in [1.807, 2.05) is 24.3 Å². The zero-order valence-electron chi connectivity index (χ0n) is 14.4. The van der Waals surface area contributed by atoms with Crippen molar-refractivity contribution in [1.82, 2.24) is 4.98 Å². The van der Waals surface area contributed by atoms with Crippen molar-refractivity contribution in [2.75, 3.05) is 7.11 Å². The minimum atomic E-state index is -0.935. The van der Waals surface area contributed by atoms with Crippen LogP contribution in [0.5, 0.6) is 0 Å². The molecule has 0 fully saturated rings. The third-order valence-corrected chi connectivity index (χ3v) is 3.89. The fourth-order valence-electron chi connectivity index (χ4n) is 2.36. The lowest BCUT2D eigenvalue weighted by molar-refractivity contribution is -0.144. The van der Waals surface area contributed by atoms with Crippen LogP contribution in [-0.4, -0.2) is 28.3 Å². The number of aliphatic hydroxyl groups is 1. The second-order valence-corrected chi connectivity index (χ2v) is 6.45. The maximum absolute atomic E-state index is 11.2. The minimum Gasteiger partial charge on any atom is -0.481 e. The molecule has 1 aromatic heterocycles. The lowest BCUT2D eigenvalue weighted by atomic mass is 9.92. The number of fused-ring (bicyclic) bond motifs is 1. The SMILES string of the molecule is COCc1cc2ccc(C=CC(C)(C)C(=O)O)cc2nc1[C@@H](C)O. The quantitative estimate of drug-likeness (QED) is 0.847. The molecule has 24 heavy (non-hydrogen) atoms. The highest BCUT2D eigenvalue weighted by Crippen LogP contribution is 2.25. The summed E-state index contributed by atoms with van der Waals surface area (Å²) in [4.78, 5) is 15.7. The van der Waals surface area contributed by atoms with Crippen LogP contribution in [0.15, 0.2) is 30.3 Å². The average molecular weight is 329 g/mol. The molecule has 0 bridgehead atoms. The third kappa shape index (κ3) is 3.99. The highest BCUT2D eigenvalue weighted by Gasteiger charge is 2.23. The predicted octanol–water partition coefficient (Wildman–Crippen LogP) is 3.56. The van der Waals surface area contributed by atoms with E-state index in [-0.39, 0.29) is 0 Å². The molecule has 0 aliphatic heterocycles. The van der Waals surface area contributed by atoms with Crippen LogP contribution in [0, 0.1) is 5.41 Å². The molecule has 1 aromatic carbocycles. The van der Waals surface area contributed by atoms with Gasteiger partial charge in [-0.3, -0.25) is 4.79 Å². The molecular formula is C19H23NO4. The van der Waals surface area contributed by atoms with E-state index in [2.05, 4.69) is 4.98 Å². The number of hydrogen-bond donors (Lipinski definition) is 2. The van der Waals surface area contributed by atoms with Gasteiger partial charge in [-0.15, -0.1) is 0 Å². The molecule has 2 N–H and O–H groups in total. The summed E-state index contributed by atoms with van der Waals surface area (Å²) in [7, 11) is 1.61. The lowest BCUT2D eigenvalue weighted by Crippen LogP contribution is -2.20. The Balaban J connectivity index is 2.45. The summed E-state index contributed by atoms with van der Waals surface area (Å²) in [5.74, 6) is -0.877. The zero-order chi connectivity index (χ0) is 17.9. The predicted molar refractivity (Wildman–Crippen MR) is 93.5 cm³/mol. The van der Waals surface area contributed by atoms with E-state index < -0.39 is 17.5 Å². The Hall–Kier alpha value is -2.24. The van der Waals surface area contributed by atoms with Crippen molar-refractivity contribution in [2.24, 2.45) is 5.41 Å². The Morgan fingerprint density at radius 3 is 2.67 bits per heavy atom. The monoisotopic (exact) mass is 329 g/mol. The van der Waals surface area contributed by atoms with Crippen LogP contribution in [0.4, 0.5) is 0 Å². The number of carboxylic acid groups (broad SMARTS) is 1. The van der Waals surface area contributed by atoms with Crippen molar-refractivity contribution in [3.63, 3.8) is 0 Å². The fourth-order valence-corrected chi connectivity index (χ4v) is 2.36. The van der Waals surface area contributed by atoms with Gasteiger partial charge in [-0.25, -0.2) is 4.98 Å². The summed E-state index contributed by atoms with van der Waals surface area (Å²) >= 11 is 0. The van der Waals surface area contributed by atoms with E-state index in [9.17, 15) is 9.90 Å². The molecule has 1 atom stereocenters. The molecule has 0 radical (unpaired) electrons. The largest absolute Gasteiger partial charge is 0.481 e. The van der Waals surface area contributed by atoms with Gasteiger partial charge >= 0.3 is 5.97 Å². The first-order valence-electron chi connectivity index (χ1n) is 7.78. The van der Waals surface area contributed by atoms with Gasteiger partial charge < -0.3 is 14.9 Å². The van der Waals surface area contributed by atoms with Gasteiger partial charge in [-0.1, -0.05) is 24.3 Å². The first-order valence-corrected chi connectivity index (χ1v) is 7.78. The molecule has 2 rings (SSSR count). The number of aromatic nitrogens is 1. The summed E-state index contributed by atoms with van der Waals surface area (Å²) < 4.78 is 5.17. The van der Waals surface area contributed by atoms with Crippen LogP contribution in [0.3, 0.4) is 0 Å². The molecule has 0 aliphatic carbocycles. The number of ether oxygens (including phenoxy) is 1. The number of methoxy groups -OCH3 is 1. The van der Waals surface area contributed by atoms with Gasteiger partial charge in [0.25, 0.3) is 0 Å². The fraction of sp³-hybridized carbons (Fsp3) is 0.368. The highest BCUT2D eigenvalue weighted by atomic mass is 16.5. The van der Waals surface area contributed by atoms with Crippen molar-refractivity contribution in [2.45, 2.75) is 33.5 Å². The molecule has 0 saturated heterocycles. The van der Waals surface area contributed by atoms with Crippen LogP contribution in [0.25, 0.3) is 17.0 Å². The Labute approximate surface area is 141 Å². The summed E-state index contributed by atoms with van der Waals surface area (Å²) in [6.45, 7) is 5.35. The summed E-state index contributed by atoms with van der Waals surface area (Å²) in [5.41, 5.74) is 2.13. The Morgan fingerprint density at radius 2 is 2.08 bits per heavy atom. The number of hydrogen-bond acceptors (Lipinski definition) is 4. The molecule has 5 heteroatoms. The van der Waals surface area contributed by atoms with Crippen LogP contribution in [0.2, 0.25) is 0 Å². The second kappa shape index (κ2) is 7.11. The van der Waals surface area contributed by atoms with Gasteiger partial charge in [-0.2, -0.15) is 0 Å². The summed E-state index contributed by atoms with van der Waals surface area (Å²) in [5, 5.41) is 20.0. The Kier molecular flexibility index (Phi) is 5.36. The zero-order valence-corrected chi connectivity index (χ0v) is 14.4. The van der Waals surface area contributed by atoms with E-state index in [4.69, 9.17) is 9.84 Å². The first-order chi connectivity index (χ1) is 11.2. The van der Waals surface area contributed by atoms with Crippen molar-refractivity contribution >= 4 is 22.9 Å². The smallest absolute Gasteiger partial charge is 0.312 e. The molecule has 0 aliphatic rings. The van der Waals surface area contributed by atoms with Gasteiger partial charge in [-0.05, 0) is 38.5 Å². The van der Waals surface area contributed by atoms with Crippen LogP contribution in [-0.2, 0) is 16.1 Å². The lowest BCUT2D eigenvalue weighted by Gasteiger charge is -2.14. The number of nitrogens with zero attached hydrogens (tertiary/aromatic N) is 1. The van der Waals surface area contributed by atoms with Gasteiger partial charge in [0.05, 0.1) is 29.3 Å². The molecule has 0 amide bonds. The Morgan fingerprint density at radius 1 is 1.38 bits per heavy atom. The van der Waals surface area contributed by atoms with E-state index in [1.54, 1.807) is 40.0 Å². The van der Waals surface area contributed by atoms with Crippen LogP contribution >= 0.6 is 0 Å². The third-order valence-electron chi connectivity index (χ3n) is 3.89. The molecule has 128 valence electrons. The van der Waals surface area contributed by atoms with Crippen LogP contribution < -0.4 is 0 Å². The normalized spacial score (nSPS) is 13.5. The summed E-state index contributed by atoms with van der Waals surface area (Å²) in [6, 6.07) is 7.69. The number of aliphatic carboxylic acids is 1. The van der Waals surface area contributed by atoms with Gasteiger partial charge in [0.15, 0.2) is 0 Å². The number of benzene rings is 1. The maximum atomic E-state index is 11.2. The molecule has 5 nitrogen and oxygen atoms in total. The molecule has 0 unspecified atom stereocenters. The van der Waals surface area contributed by atoms with Crippen molar-refractivity contribution < 1.29 is 19.7 Å². The number of carboxylic acids is 1. The van der Waals surface area contributed by atoms with E-state index in [1.165, 1.54) is 0 Å². The molecule has 1 heterocycles. The molecule has 0 spiro atoms.